The van der Waals surface area contributed by atoms with E-state index >= 15 is 0 Å². The summed E-state index contributed by atoms with van der Waals surface area (Å²) in [5.74, 6) is 0.205. The van der Waals surface area contributed by atoms with Crippen molar-refractivity contribution in [3.63, 3.8) is 0 Å². The van der Waals surface area contributed by atoms with Crippen molar-refractivity contribution < 1.29 is 17.9 Å². The molecule has 0 aromatic heterocycles. The van der Waals surface area contributed by atoms with Crippen LogP contribution in [0.1, 0.15) is 13.8 Å². The largest absolute Gasteiger partial charge is 0.375 e. The van der Waals surface area contributed by atoms with Crippen LogP contribution in [-0.2, 0) is 19.3 Å². The Labute approximate surface area is 79.1 Å². The van der Waals surface area contributed by atoms with E-state index in [1.54, 1.807) is 0 Å². The molecule has 0 N–H and O–H groups in total. The highest BCUT2D eigenvalue weighted by molar-refractivity contribution is 7.91. The molecule has 5 heteroatoms. The van der Waals surface area contributed by atoms with Gasteiger partial charge in [-0.25, -0.2) is 8.42 Å². The average Bonchev–Trinajstić information content (AvgIpc) is 2.28. The van der Waals surface area contributed by atoms with Crippen LogP contribution in [0.25, 0.3) is 0 Å². The minimum Gasteiger partial charge on any atom is -0.375 e. The first-order valence-electron chi connectivity index (χ1n) is 4.52. The van der Waals surface area contributed by atoms with Gasteiger partial charge >= 0.3 is 0 Å². The fraction of sp³-hybridized carbons (Fsp3) is 1.00. The van der Waals surface area contributed by atoms with Crippen LogP contribution in [0, 0.1) is 0 Å². The summed E-state index contributed by atoms with van der Waals surface area (Å²) in [6.07, 6.45) is -0.537. The Kier molecular flexibility index (Phi) is 3.70. The first-order valence-corrected chi connectivity index (χ1v) is 6.34. The Morgan fingerprint density at radius 2 is 1.46 bits per heavy atom. The number of hydrogen-bond acceptors (Lipinski definition) is 4. The van der Waals surface area contributed by atoms with E-state index in [1.165, 1.54) is 0 Å². The molecule has 0 spiro atoms. The zero-order chi connectivity index (χ0) is 9.90. The van der Waals surface area contributed by atoms with Gasteiger partial charge in [0.05, 0.1) is 23.7 Å². The normalized spacial score (nSPS) is 32.2. The van der Waals surface area contributed by atoms with E-state index in [4.69, 9.17) is 9.47 Å². The van der Waals surface area contributed by atoms with Crippen molar-refractivity contribution in [2.75, 3.05) is 24.7 Å². The Balaban J connectivity index is 2.60. The monoisotopic (exact) mass is 208 g/mol. The molecule has 1 aliphatic heterocycles. The quantitative estimate of drug-likeness (QED) is 0.663. The summed E-state index contributed by atoms with van der Waals surface area (Å²) in [5, 5.41) is 0. The second-order valence-corrected chi connectivity index (χ2v) is 5.22. The van der Waals surface area contributed by atoms with Crippen molar-refractivity contribution in [1.29, 1.82) is 0 Å². The van der Waals surface area contributed by atoms with Gasteiger partial charge in [-0.2, -0.15) is 0 Å². The summed E-state index contributed by atoms with van der Waals surface area (Å²) in [6.45, 7) is 4.77. The van der Waals surface area contributed by atoms with Gasteiger partial charge in [-0.05, 0) is 13.8 Å². The first kappa shape index (κ1) is 10.9. The number of hydrogen-bond donors (Lipinski definition) is 0. The van der Waals surface area contributed by atoms with Crippen LogP contribution in [0.3, 0.4) is 0 Å². The Morgan fingerprint density at radius 1 is 1.08 bits per heavy atom. The Hall–Kier alpha value is -0.130. The third kappa shape index (κ3) is 2.93. The van der Waals surface area contributed by atoms with Crippen molar-refractivity contribution >= 4 is 9.84 Å². The molecule has 2 atom stereocenters. The van der Waals surface area contributed by atoms with Crippen LogP contribution < -0.4 is 0 Å². The SMILES string of the molecule is CCO[C@H]1CS(=O)(=O)C[C@@H]1OCC. The van der Waals surface area contributed by atoms with Crippen LogP contribution in [0.5, 0.6) is 0 Å². The molecule has 0 amide bonds. The second kappa shape index (κ2) is 4.39. The summed E-state index contributed by atoms with van der Waals surface area (Å²) < 4.78 is 33.1. The number of ether oxygens (including phenoxy) is 2. The molecule has 0 aliphatic carbocycles. The lowest BCUT2D eigenvalue weighted by Gasteiger charge is -2.17. The predicted molar refractivity (Wildman–Crippen MR) is 49.5 cm³/mol. The first-order chi connectivity index (χ1) is 6.09. The van der Waals surface area contributed by atoms with Gasteiger partial charge < -0.3 is 9.47 Å². The van der Waals surface area contributed by atoms with Gasteiger partial charge in [0.15, 0.2) is 9.84 Å². The van der Waals surface area contributed by atoms with Gasteiger partial charge in [-0.1, -0.05) is 0 Å². The average molecular weight is 208 g/mol. The standard InChI is InChI=1S/C8H16O4S/c1-3-11-7-5-13(9,10)6-8(7)12-4-2/h7-8H,3-6H2,1-2H3/t7-,8-/m0/s1. The van der Waals surface area contributed by atoms with Gasteiger partial charge in [0, 0.05) is 13.2 Å². The molecule has 0 radical (unpaired) electrons. The Bertz CT molecular complexity index is 227. The topological polar surface area (TPSA) is 52.6 Å². The van der Waals surface area contributed by atoms with Gasteiger partial charge in [0.1, 0.15) is 0 Å². The van der Waals surface area contributed by atoms with Gasteiger partial charge in [0.25, 0.3) is 0 Å². The van der Waals surface area contributed by atoms with Gasteiger partial charge in [-0.3, -0.25) is 0 Å². The maximum atomic E-state index is 11.2. The summed E-state index contributed by atoms with van der Waals surface area (Å²) in [6, 6.07) is 0. The second-order valence-electron chi connectivity index (χ2n) is 3.06. The fourth-order valence-corrected chi connectivity index (χ4v) is 3.28. The molecule has 78 valence electrons. The lowest BCUT2D eigenvalue weighted by atomic mass is 10.2. The molecule has 1 heterocycles. The van der Waals surface area contributed by atoms with E-state index in [0.29, 0.717) is 13.2 Å². The maximum Gasteiger partial charge on any atom is 0.155 e. The predicted octanol–water partition coefficient (Wildman–Crippen LogP) is 0.225. The fourth-order valence-electron chi connectivity index (χ4n) is 1.52. The highest BCUT2D eigenvalue weighted by Gasteiger charge is 2.38. The van der Waals surface area contributed by atoms with E-state index in [-0.39, 0.29) is 23.7 Å². The third-order valence-electron chi connectivity index (χ3n) is 2.01. The molecule has 0 aromatic rings. The molecular weight excluding hydrogens is 192 g/mol. The number of rotatable bonds is 4. The van der Waals surface area contributed by atoms with Crippen molar-refractivity contribution in [1.82, 2.24) is 0 Å². The van der Waals surface area contributed by atoms with E-state index < -0.39 is 9.84 Å². The molecule has 0 aromatic carbocycles. The van der Waals surface area contributed by atoms with E-state index in [1.807, 2.05) is 13.8 Å². The zero-order valence-corrected chi connectivity index (χ0v) is 8.84. The van der Waals surface area contributed by atoms with Crippen LogP contribution in [0.4, 0.5) is 0 Å². The smallest absolute Gasteiger partial charge is 0.155 e. The summed E-state index contributed by atoms with van der Waals surface area (Å²) in [7, 11) is -2.94. The van der Waals surface area contributed by atoms with Crippen molar-refractivity contribution in [2.24, 2.45) is 0 Å². The molecule has 1 fully saturated rings. The zero-order valence-electron chi connectivity index (χ0n) is 8.02. The molecule has 1 aliphatic rings. The van der Waals surface area contributed by atoms with Crippen LogP contribution in [0.2, 0.25) is 0 Å². The van der Waals surface area contributed by atoms with Crippen LogP contribution in [-0.4, -0.2) is 45.3 Å². The molecule has 1 rings (SSSR count). The highest BCUT2D eigenvalue weighted by Crippen LogP contribution is 2.18. The number of sulfone groups is 1. The van der Waals surface area contributed by atoms with E-state index in [0.717, 1.165) is 0 Å². The van der Waals surface area contributed by atoms with Crippen molar-refractivity contribution in [3.8, 4) is 0 Å². The highest BCUT2D eigenvalue weighted by atomic mass is 32.2. The lowest BCUT2D eigenvalue weighted by molar-refractivity contribution is -0.0388. The Morgan fingerprint density at radius 3 is 1.77 bits per heavy atom. The van der Waals surface area contributed by atoms with Crippen LogP contribution >= 0.6 is 0 Å². The van der Waals surface area contributed by atoms with Crippen molar-refractivity contribution in [2.45, 2.75) is 26.1 Å². The minimum absolute atomic E-state index is 0.103. The minimum atomic E-state index is -2.94. The van der Waals surface area contributed by atoms with E-state index in [2.05, 4.69) is 0 Å². The molecule has 1 saturated heterocycles. The van der Waals surface area contributed by atoms with Crippen molar-refractivity contribution in [3.05, 3.63) is 0 Å². The summed E-state index contributed by atoms with van der Waals surface area (Å²) >= 11 is 0. The van der Waals surface area contributed by atoms with Gasteiger partial charge in [-0.15, -0.1) is 0 Å². The van der Waals surface area contributed by atoms with Gasteiger partial charge in [0.2, 0.25) is 0 Å². The lowest BCUT2D eigenvalue weighted by Crippen LogP contribution is -2.29. The third-order valence-corrected chi connectivity index (χ3v) is 3.69. The molecule has 0 bridgehead atoms. The maximum absolute atomic E-state index is 11.2. The molecule has 13 heavy (non-hydrogen) atoms. The molecular formula is C8H16O4S. The molecule has 0 saturated carbocycles. The summed E-state index contributed by atoms with van der Waals surface area (Å²) in [4.78, 5) is 0. The summed E-state index contributed by atoms with van der Waals surface area (Å²) in [5.41, 5.74) is 0. The molecule has 0 unspecified atom stereocenters. The molecule has 4 nitrogen and oxygen atoms in total. The van der Waals surface area contributed by atoms with E-state index in [9.17, 15) is 8.42 Å². The van der Waals surface area contributed by atoms with Crippen LogP contribution in [0.15, 0.2) is 0 Å².